The van der Waals surface area contributed by atoms with E-state index in [1.807, 2.05) is 24.3 Å². The van der Waals surface area contributed by atoms with E-state index in [9.17, 15) is 9.59 Å². The lowest BCUT2D eigenvalue weighted by atomic mass is 10.2. The summed E-state index contributed by atoms with van der Waals surface area (Å²) in [7, 11) is 1.66. The van der Waals surface area contributed by atoms with E-state index >= 15 is 0 Å². The fourth-order valence-corrected chi connectivity index (χ4v) is 2.91. The molecule has 8 heteroatoms. The van der Waals surface area contributed by atoms with E-state index in [2.05, 4.69) is 20.4 Å². The largest absolute Gasteiger partial charge is 0.433 e. The van der Waals surface area contributed by atoms with Gasteiger partial charge in [-0.15, -0.1) is 0 Å². The van der Waals surface area contributed by atoms with Crippen LogP contribution in [0.15, 0.2) is 34.2 Å². The molecular formula is C17H21N5O3. The first-order chi connectivity index (χ1) is 12.1. The average molecular weight is 343 g/mol. The summed E-state index contributed by atoms with van der Waals surface area (Å²) in [6.45, 7) is 3.91. The Morgan fingerprint density at radius 1 is 1.32 bits per heavy atom. The predicted octanol–water partition coefficient (Wildman–Crippen LogP) is 1.10. The Kier molecular flexibility index (Phi) is 4.97. The summed E-state index contributed by atoms with van der Waals surface area (Å²) < 4.78 is 1.47. The van der Waals surface area contributed by atoms with Crippen LogP contribution in [0.1, 0.15) is 19.8 Å². The fourth-order valence-electron chi connectivity index (χ4n) is 2.91. The molecule has 1 aromatic heterocycles. The molecule has 1 aliphatic heterocycles. The molecule has 1 amide bonds. The molecule has 0 radical (unpaired) electrons. The maximum Gasteiger partial charge on any atom is 0.433 e. The minimum absolute atomic E-state index is 0.146. The van der Waals surface area contributed by atoms with Crippen molar-refractivity contribution in [3.8, 4) is 0 Å². The third-order valence-electron chi connectivity index (χ3n) is 4.16. The number of para-hydroxylation sites is 1. The van der Waals surface area contributed by atoms with Gasteiger partial charge in [0.15, 0.2) is 0 Å². The highest BCUT2D eigenvalue weighted by atomic mass is 16.7. The van der Waals surface area contributed by atoms with Gasteiger partial charge < -0.3 is 14.8 Å². The number of benzene rings is 1. The monoisotopic (exact) mass is 343 g/mol. The molecule has 0 atom stereocenters. The van der Waals surface area contributed by atoms with E-state index in [1.54, 1.807) is 14.0 Å². The number of hydrogen-bond donors (Lipinski definition) is 1. The molecule has 2 aromatic rings. The molecule has 1 fully saturated rings. The molecule has 1 aliphatic rings. The lowest BCUT2D eigenvalue weighted by Gasteiger charge is -2.16. The van der Waals surface area contributed by atoms with Crippen molar-refractivity contribution in [2.24, 2.45) is 12.2 Å². The van der Waals surface area contributed by atoms with E-state index in [1.165, 1.54) is 4.57 Å². The second kappa shape index (κ2) is 7.33. The summed E-state index contributed by atoms with van der Waals surface area (Å²) in [4.78, 5) is 35.5. The molecule has 8 nitrogen and oxygen atoms in total. The molecule has 1 aromatic carbocycles. The minimum Gasteiger partial charge on any atom is -0.356 e. The number of carbonyl (C=O) groups excluding carboxylic acids is 1. The number of aromatic nitrogens is 2. The van der Waals surface area contributed by atoms with Crippen molar-refractivity contribution in [1.29, 1.82) is 0 Å². The third kappa shape index (κ3) is 3.47. The molecule has 0 spiro atoms. The molecule has 132 valence electrons. The number of amides is 1. The number of nitrogens with zero attached hydrogens (tertiary/aromatic N) is 4. The topological polar surface area (TPSA) is 88.8 Å². The predicted molar refractivity (Wildman–Crippen MR) is 94.2 cm³/mol. The Morgan fingerprint density at radius 3 is 2.76 bits per heavy atom. The zero-order valence-corrected chi connectivity index (χ0v) is 14.4. The van der Waals surface area contributed by atoms with Crippen molar-refractivity contribution in [1.82, 2.24) is 14.9 Å². The van der Waals surface area contributed by atoms with Gasteiger partial charge in [0.2, 0.25) is 0 Å². The normalized spacial score (nSPS) is 14.8. The highest BCUT2D eigenvalue weighted by Crippen LogP contribution is 2.24. The van der Waals surface area contributed by atoms with Crippen LogP contribution < -0.4 is 21.3 Å². The Labute approximate surface area is 144 Å². The van der Waals surface area contributed by atoms with Crippen molar-refractivity contribution in [3.63, 3.8) is 0 Å². The van der Waals surface area contributed by atoms with E-state index in [4.69, 9.17) is 4.84 Å². The summed E-state index contributed by atoms with van der Waals surface area (Å²) >= 11 is 0. The summed E-state index contributed by atoms with van der Waals surface area (Å²) in [5, 5.41) is 7.02. The SMILES string of the molecule is CCNC(=O)O/N=c1/nc(N2CCCC2)c2ccccc2n(C)c1=O. The second-order valence-electron chi connectivity index (χ2n) is 5.83. The van der Waals surface area contributed by atoms with E-state index in [0.717, 1.165) is 36.8 Å². The Hall–Kier alpha value is -2.90. The number of anilines is 1. The third-order valence-corrected chi connectivity index (χ3v) is 4.16. The molecule has 1 N–H and O–H groups in total. The molecule has 0 unspecified atom stereocenters. The van der Waals surface area contributed by atoms with Crippen LogP contribution in [-0.4, -0.2) is 35.3 Å². The van der Waals surface area contributed by atoms with Crippen LogP contribution in [0.4, 0.5) is 10.6 Å². The molecule has 0 bridgehead atoms. The van der Waals surface area contributed by atoms with Crippen LogP contribution in [0.5, 0.6) is 0 Å². The van der Waals surface area contributed by atoms with Gasteiger partial charge in [0, 0.05) is 32.1 Å². The summed E-state index contributed by atoms with van der Waals surface area (Å²) in [6, 6.07) is 7.59. The van der Waals surface area contributed by atoms with E-state index < -0.39 is 11.7 Å². The summed E-state index contributed by atoms with van der Waals surface area (Å²) in [6.07, 6.45) is 1.44. The number of carbonyl (C=O) groups is 1. The van der Waals surface area contributed by atoms with E-state index in [0.29, 0.717) is 12.4 Å². The van der Waals surface area contributed by atoms with Crippen LogP contribution in [0.3, 0.4) is 0 Å². The van der Waals surface area contributed by atoms with E-state index in [-0.39, 0.29) is 5.49 Å². The van der Waals surface area contributed by atoms with Gasteiger partial charge in [-0.05, 0) is 37.1 Å². The zero-order chi connectivity index (χ0) is 17.8. The smallest absolute Gasteiger partial charge is 0.356 e. The number of fused-ring (bicyclic) bond motifs is 1. The lowest BCUT2D eigenvalue weighted by molar-refractivity contribution is 0.145. The van der Waals surface area contributed by atoms with Crippen LogP contribution >= 0.6 is 0 Å². The zero-order valence-electron chi connectivity index (χ0n) is 14.4. The molecule has 25 heavy (non-hydrogen) atoms. The average Bonchev–Trinajstić information content (AvgIpc) is 3.12. The fraction of sp³-hybridized carbons (Fsp3) is 0.412. The second-order valence-corrected chi connectivity index (χ2v) is 5.83. The van der Waals surface area contributed by atoms with Crippen LogP contribution in [0, 0.1) is 0 Å². The molecule has 2 heterocycles. The van der Waals surface area contributed by atoms with Gasteiger partial charge in [-0.2, -0.15) is 0 Å². The Morgan fingerprint density at radius 2 is 2.04 bits per heavy atom. The van der Waals surface area contributed by atoms with Crippen molar-refractivity contribution in [2.45, 2.75) is 19.8 Å². The Bertz CT molecular complexity index is 916. The van der Waals surface area contributed by atoms with Crippen molar-refractivity contribution in [3.05, 3.63) is 40.1 Å². The number of aryl methyl sites for hydroxylation is 1. The maximum absolute atomic E-state index is 12.7. The van der Waals surface area contributed by atoms with Gasteiger partial charge in [0.05, 0.1) is 5.52 Å². The highest BCUT2D eigenvalue weighted by Gasteiger charge is 2.17. The first-order valence-electron chi connectivity index (χ1n) is 8.35. The maximum atomic E-state index is 12.7. The molecule has 1 saturated heterocycles. The van der Waals surface area contributed by atoms with Gasteiger partial charge in [-0.1, -0.05) is 12.1 Å². The molecule has 3 rings (SSSR count). The van der Waals surface area contributed by atoms with Crippen LogP contribution in [0.2, 0.25) is 0 Å². The van der Waals surface area contributed by atoms with Gasteiger partial charge in [-0.25, -0.2) is 9.78 Å². The van der Waals surface area contributed by atoms with Gasteiger partial charge in [-0.3, -0.25) is 9.63 Å². The van der Waals surface area contributed by atoms with Crippen LogP contribution in [0.25, 0.3) is 10.9 Å². The molecular weight excluding hydrogens is 322 g/mol. The quantitative estimate of drug-likeness (QED) is 0.666. The molecule has 0 aliphatic carbocycles. The molecule has 0 saturated carbocycles. The number of rotatable bonds is 3. The highest BCUT2D eigenvalue weighted by molar-refractivity contribution is 5.89. The van der Waals surface area contributed by atoms with Gasteiger partial charge in [0.25, 0.3) is 11.0 Å². The summed E-state index contributed by atoms with van der Waals surface area (Å²) in [5.41, 5.74) is 0.180. The number of hydrogen-bond acceptors (Lipinski definition) is 6. The van der Waals surface area contributed by atoms with Crippen molar-refractivity contribution < 1.29 is 9.63 Å². The standard InChI is InChI=1S/C17H21N5O3/c1-3-18-17(24)25-20-14-16(23)21(2)13-9-5-4-8-12(13)15(19-14)22-10-6-7-11-22/h4-5,8-9H,3,6-7,10-11H2,1-2H3,(H,18,24)/b20-14+. The van der Waals surface area contributed by atoms with Crippen LogP contribution in [-0.2, 0) is 11.9 Å². The number of nitrogens with one attached hydrogen (secondary N) is 1. The van der Waals surface area contributed by atoms with Gasteiger partial charge >= 0.3 is 6.09 Å². The first kappa shape index (κ1) is 16.9. The first-order valence-corrected chi connectivity index (χ1v) is 8.35. The van der Waals surface area contributed by atoms with Crippen molar-refractivity contribution in [2.75, 3.05) is 24.5 Å². The van der Waals surface area contributed by atoms with Gasteiger partial charge in [0.1, 0.15) is 5.82 Å². The Balaban J connectivity index is 2.24. The minimum atomic E-state index is -0.717. The van der Waals surface area contributed by atoms with Crippen molar-refractivity contribution >= 4 is 22.8 Å². The summed E-state index contributed by atoms with van der Waals surface area (Å²) in [5.74, 6) is 0.684. The lowest BCUT2D eigenvalue weighted by Crippen LogP contribution is -2.35.